The topological polar surface area (TPSA) is 72.2 Å². The Labute approximate surface area is 98.9 Å². The van der Waals surface area contributed by atoms with Crippen molar-refractivity contribution in [1.82, 2.24) is 4.72 Å². The Bertz CT molecular complexity index is 515. The van der Waals surface area contributed by atoms with Gasteiger partial charge in [0.05, 0.1) is 12.2 Å². The number of nitrogens with two attached hydrogens (primary N) is 1. The molecule has 0 saturated carbocycles. The smallest absolute Gasteiger partial charge is 0.251 e. The molecule has 17 heavy (non-hydrogen) atoms. The maximum Gasteiger partial charge on any atom is 0.251 e. The molecule has 1 aromatic rings. The molecule has 0 amide bonds. The number of rotatable bonds is 4. The monoisotopic (exact) mass is 264 g/mol. The van der Waals surface area contributed by atoms with Crippen molar-refractivity contribution >= 4 is 15.7 Å². The minimum Gasteiger partial charge on any atom is -0.397 e. The summed E-state index contributed by atoms with van der Waals surface area (Å²) in [6, 6.07) is 3.26. The van der Waals surface area contributed by atoms with E-state index in [0.717, 1.165) is 0 Å². The van der Waals surface area contributed by atoms with E-state index in [2.05, 4.69) is 0 Å². The highest BCUT2D eigenvalue weighted by atomic mass is 32.2. The Morgan fingerprint density at radius 2 is 1.82 bits per heavy atom. The van der Waals surface area contributed by atoms with E-state index < -0.39 is 23.0 Å². The molecule has 0 aromatic heterocycles. The van der Waals surface area contributed by atoms with E-state index >= 15 is 0 Å². The molecule has 0 atom stereocenters. The number of anilines is 1. The van der Waals surface area contributed by atoms with Crippen LogP contribution in [0.5, 0.6) is 0 Å². The molecule has 4 nitrogen and oxygen atoms in total. The second-order valence-electron chi connectivity index (χ2n) is 3.69. The molecule has 7 heteroatoms. The van der Waals surface area contributed by atoms with Crippen molar-refractivity contribution in [2.45, 2.75) is 25.2 Å². The van der Waals surface area contributed by atoms with Crippen LogP contribution in [0, 0.1) is 13.8 Å². The molecular weight excluding hydrogens is 250 g/mol. The van der Waals surface area contributed by atoms with Crippen molar-refractivity contribution < 1.29 is 17.2 Å². The minimum atomic E-state index is -3.99. The van der Waals surface area contributed by atoms with Crippen LogP contribution in [0.15, 0.2) is 17.0 Å². The highest BCUT2D eigenvalue weighted by Crippen LogP contribution is 2.25. The Kier molecular flexibility index (Phi) is 4.05. The molecule has 0 heterocycles. The lowest BCUT2D eigenvalue weighted by molar-refractivity contribution is 0.153. The molecule has 1 rings (SSSR count). The van der Waals surface area contributed by atoms with Gasteiger partial charge in [-0.05, 0) is 25.0 Å². The molecule has 3 N–H and O–H groups in total. The van der Waals surface area contributed by atoms with Gasteiger partial charge in [-0.3, -0.25) is 0 Å². The molecule has 0 unspecified atom stereocenters. The molecule has 0 fully saturated rings. The number of alkyl halides is 2. The second kappa shape index (κ2) is 4.97. The third-order valence-electron chi connectivity index (χ3n) is 2.31. The Hall–Kier alpha value is -1.21. The Morgan fingerprint density at radius 1 is 1.29 bits per heavy atom. The van der Waals surface area contributed by atoms with E-state index in [-0.39, 0.29) is 10.6 Å². The number of hydrogen-bond acceptors (Lipinski definition) is 3. The number of aryl methyl sites for hydroxylation is 2. The van der Waals surface area contributed by atoms with Crippen LogP contribution in [-0.2, 0) is 10.0 Å². The molecule has 1 aromatic carbocycles. The highest BCUT2D eigenvalue weighted by Gasteiger charge is 2.22. The van der Waals surface area contributed by atoms with E-state index in [9.17, 15) is 17.2 Å². The lowest BCUT2D eigenvalue weighted by Crippen LogP contribution is -2.30. The van der Waals surface area contributed by atoms with Gasteiger partial charge in [-0.2, -0.15) is 0 Å². The molecule has 0 bridgehead atoms. The number of sulfonamides is 1. The zero-order chi connectivity index (χ0) is 13.2. The normalized spacial score (nSPS) is 12.1. The van der Waals surface area contributed by atoms with E-state index in [0.29, 0.717) is 11.1 Å². The van der Waals surface area contributed by atoms with Crippen LogP contribution in [0.3, 0.4) is 0 Å². The van der Waals surface area contributed by atoms with Crippen LogP contribution >= 0.6 is 0 Å². The van der Waals surface area contributed by atoms with E-state index in [1.165, 1.54) is 0 Å². The van der Waals surface area contributed by atoms with Crippen LogP contribution in [0.1, 0.15) is 11.1 Å². The SMILES string of the molecule is Cc1ccc(C)c(S(=O)(=O)NCC(F)F)c1N. The van der Waals surface area contributed by atoms with Crippen LogP contribution in [-0.4, -0.2) is 21.4 Å². The Morgan fingerprint density at radius 3 is 2.35 bits per heavy atom. The average molecular weight is 264 g/mol. The first-order chi connectivity index (χ1) is 7.75. The predicted octanol–water partition coefficient (Wildman–Crippen LogP) is 1.43. The fraction of sp³-hybridized carbons (Fsp3) is 0.400. The van der Waals surface area contributed by atoms with Crippen molar-refractivity contribution in [2.24, 2.45) is 0 Å². The second-order valence-corrected chi connectivity index (χ2v) is 5.39. The largest absolute Gasteiger partial charge is 0.397 e. The molecule has 0 aliphatic carbocycles. The zero-order valence-electron chi connectivity index (χ0n) is 9.50. The predicted molar refractivity (Wildman–Crippen MR) is 61.5 cm³/mol. The van der Waals surface area contributed by atoms with Gasteiger partial charge < -0.3 is 5.73 Å². The van der Waals surface area contributed by atoms with Gasteiger partial charge in [-0.25, -0.2) is 21.9 Å². The summed E-state index contributed by atoms with van der Waals surface area (Å²) in [5, 5.41) is 0. The number of halogens is 2. The lowest BCUT2D eigenvalue weighted by Gasteiger charge is -2.13. The summed E-state index contributed by atoms with van der Waals surface area (Å²) < 4.78 is 49.4. The summed E-state index contributed by atoms with van der Waals surface area (Å²) >= 11 is 0. The molecule has 0 aliphatic rings. The maximum absolute atomic E-state index is 12.0. The fourth-order valence-corrected chi connectivity index (χ4v) is 2.84. The van der Waals surface area contributed by atoms with Gasteiger partial charge in [0.1, 0.15) is 4.90 Å². The molecule has 0 radical (unpaired) electrons. The lowest BCUT2D eigenvalue weighted by atomic mass is 10.1. The van der Waals surface area contributed by atoms with Crippen LogP contribution in [0.2, 0.25) is 0 Å². The molecule has 0 spiro atoms. The van der Waals surface area contributed by atoms with Crippen molar-refractivity contribution in [1.29, 1.82) is 0 Å². The van der Waals surface area contributed by atoms with Gasteiger partial charge in [0.15, 0.2) is 0 Å². The first-order valence-electron chi connectivity index (χ1n) is 4.89. The van der Waals surface area contributed by atoms with E-state index in [4.69, 9.17) is 5.73 Å². The first-order valence-corrected chi connectivity index (χ1v) is 6.37. The summed E-state index contributed by atoms with van der Waals surface area (Å²) in [4.78, 5) is -0.127. The van der Waals surface area contributed by atoms with Crippen LogP contribution in [0.25, 0.3) is 0 Å². The number of nitrogens with one attached hydrogen (secondary N) is 1. The van der Waals surface area contributed by atoms with Crippen molar-refractivity contribution in [3.05, 3.63) is 23.3 Å². The number of nitrogen functional groups attached to an aromatic ring is 1. The standard InChI is InChI=1S/C10H14F2N2O2S/c1-6-3-4-7(2)10(9(6)13)17(15,16)14-5-8(11)12/h3-4,8,14H,5,13H2,1-2H3. The summed E-state index contributed by atoms with van der Waals surface area (Å²) in [5.74, 6) is 0. The van der Waals surface area contributed by atoms with Crippen molar-refractivity contribution in [2.75, 3.05) is 12.3 Å². The number of benzene rings is 1. The molecule has 0 saturated heterocycles. The molecule has 96 valence electrons. The van der Waals surface area contributed by atoms with Crippen LogP contribution < -0.4 is 10.5 Å². The van der Waals surface area contributed by atoms with Gasteiger partial charge in [-0.15, -0.1) is 0 Å². The van der Waals surface area contributed by atoms with Gasteiger partial charge in [0, 0.05) is 0 Å². The minimum absolute atomic E-state index is 0.0896. The third-order valence-corrected chi connectivity index (χ3v) is 3.93. The van der Waals surface area contributed by atoms with Gasteiger partial charge in [0.2, 0.25) is 10.0 Å². The average Bonchev–Trinajstić information content (AvgIpc) is 2.21. The molecular formula is C10H14F2N2O2S. The summed E-state index contributed by atoms with van der Waals surface area (Å²) in [6.07, 6.45) is -2.74. The van der Waals surface area contributed by atoms with Crippen LogP contribution in [0.4, 0.5) is 14.5 Å². The first kappa shape index (κ1) is 13.9. The van der Waals surface area contributed by atoms with Gasteiger partial charge >= 0.3 is 0 Å². The van der Waals surface area contributed by atoms with Crippen molar-refractivity contribution in [3.63, 3.8) is 0 Å². The summed E-state index contributed by atoms with van der Waals surface area (Å²) in [5.41, 5.74) is 6.78. The van der Waals surface area contributed by atoms with E-state index in [1.807, 2.05) is 4.72 Å². The van der Waals surface area contributed by atoms with Gasteiger partial charge in [-0.1, -0.05) is 12.1 Å². The number of hydrogen-bond donors (Lipinski definition) is 2. The quantitative estimate of drug-likeness (QED) is 0.808. The Balaban J connectivity index is 3.19. The fourth-order valence-electron chi connectivity index (χ4n) is 1.41. The summed E-state index contributed by atoms with van der Waals surface area (Å²) in [6.45, 7) is 2.29. The van der Waals surface area contributed by atoms with Crippen molar-refractivity contribution in [3.8, 4) is 0 Å². The highest BCUT2D eigenvalue weighted by molar-refractivity contribution is 7.89. The zero-order valence-corrected chi connectivity index (χ0v) is 10.3. The van der Waals surface area contributed by atoms with Gasteiger partial charge in [0.25, 0.3) is 6.43 Å². The van der Waals surface area contributed by atoms with E-state index in [1.54, 1.807) is 26.0 Å². The third kappa shape index (κ3) is 3.13. The summed E-state index contributed by atoms with van der Waals surface area (Å²) in [7, 11) is -3.99. The maximum atomic E-state index is 12.0. The molecule has 0 aliphatic heterocycles.